The molecule has 6 heteroatoms. The molecule has 0 spiro atoms. The number of Topliss-reactive ketones (excluding diaryl/α,β-unsaturated/α-hetero) is 1. The lowest BCUT2D eigenvalue weighted by molar-refractivity contribution is -0.154. The van der Waals surface area contributed by atoms with E-state index >= 15 is 0 Å². The maximum atomic E-state index is 13.3. The second-order valence-corrected chi connectivity index (χ2v) is 6.20. The topological polar surface area (TPSA) is 65.0 Å². The fraction of sp³-hybridized carbons (Fsp3) is 0.250. The molecule has 0 saturated carbocycles. The molecule has 0 aromatic heterocycles. The molecular weight excluding hydrogens is 337 g/mol. The number of nitrogens with zero attached hydrogens (tertiary/aromatic N) is 1. The first-order valence-electron chi connectivity index (χ1n) is 8.20. The van der Waals surface area contributed by atoms with Crippen molar-refractivity contribution < 1.29 is 23.6 Å². The first-order chi connectivity index (χ1) is 12.4. The summed E-state index contributed by atoms with van der Waals surface area (Å²) in [6, 6.07) is 11.4. The van der Waals surface area contributed by atoms with Crippen molar-refractivity contribution in [1.29, 1.82) is 0 Å². The monoisotopic (exact) mass is 355 g/mol. The van der Waals surface area contributed by atoms with Crippen LogP contribution in [0.1, 0.15) is 33.5 Å². The van der Waals surface area contributed by atoms with E-state index in [0.29, 0.717) is 16.8 Å². The predicted molar refractivity (Wildman–Crippen MR) is 93.6 cm³/mol. The van der Waals surface area contributed by atoms with Gasteiger partial charge in [0.2, 0.25) is 11.9 Å². The van der Waals surface area contributed by atoms with Gasteiger partial charge in [0.1, 0.15) is 5.82 Å². The van der Waals surface area contributed by atoms with Gasteiger partial charge in [-0.15, -0.1) is 0 Å². The second kappa shape index (κ2) is 7.47. The molecule has 134 valence electrons. The summed E-state index contributed by atoms with van der Waals surface area (Å²) in [6.45, 7) is 3.35. The molecule has 3 rings (SSSR count). The fourth-order valence-corrected chi connectivity index (χ4v) is 2.69. The van der Waals surface area contributed by atoms with E-state index < -0.39 is 17.9 Å². The van der Waals surface area contributed by atoms with E-state index in [1.165, 1.54) is 12.1 Å². The largest absolute Gasteiger partial charge is 0.454 e. The summed E-state index contributed by atoms with van der Waals surface area (Å²) in [4.78, 5) is 29.5. The Hall–Kier alpha value is -3.02. The van der Waals surface area contributed by atoms with Crippen LogP contribution in [0.25, 0.3) is 0 Å². The molecule has 0 fully saturated rings. The molecule has 0 radical (unpaired) electrons. The maximum Gasteiger partial charge on any atom is 0.351 e. The Morgan fingerprint density at radius 3 is 2.81 bits per heavy atom. The minimum atomic E-state index is -0.931. The lowest BCUT2D eigenvalue weighted by atomic mass is 10.0. The van der Waals surface area contributed by atoms with Gasteiger partial charge < -0.3 is 9.57 Å². The van der Waals surface area contributed by atoms with Crippen LogP contribution < -0.4 is 0 Å². The summed E-state index contributed by atoms with van der Waals surface area (Å²) in [7, 11) is 0. The first kappa shape index (κ1) is 17.8. The van der Waals surface area contributed by atoms with Gasteiger partial charge in [-0.25, -0.2) is 9.18 Å². The summed E-state index contributed by atoms with van der Waals surface area (Å²) in [5.41, 5.74) is 3.32. The van der Waals surface area contributed by atoms with E-state index in [2.05, 4.69) is 5.16 Å². The molecule has 0 N–H and O–H groups in total. The quantitative estimate of drug-likeness (QED) is 0.609. The molecule has 1 heterocycles. The Balaban J connectivity index is 1.56. The smallest absolute Gasteiger partial charge is 0.351 e. The number of ether oxygens (including phenoxy) is 1. The highest BCUT2D eigenvalue weighted by Gasteiger charge is 2.31. The molecule has 2 aromatic rings. The third-order valence-corrected chi connectivity index (χ3v) is 4.13. The predicted octanol–water partition coefficient (Wildman–Crippen LogP) is 3.36. The molecule has 1 aliphatic heterocycles. The van der Waals surface area contributed by atoms with Crippen molar-refractivity contribution in [2.45, 2.75) is 26.4 Å². The minimum absolute atomic E-state index is 0.167. The Morgan fingerprint density at radius 1 is 1.23 bits per heavy atom. The average Bonchev–Trinajstić information content (AvgIpc) is 3.11. The maximum absolute atomic E-state index is 13.3. The SMILES string of the molecule is Cc1ccc(C)c(C(=O)COC(=O)C2CC(c3cccc(F)c3)=NO2)c1. The van der Waals surface area contributed by atoms with Gasteiger partial charge in [0.15, 0.2) is 6.61 Å². The van der Waals surface area contributed by atoms with Crippen LogP contribution in [0, 0.1) is 19.7 Å². The van der Waals surface area contributed by atoms with Crippen molar-refractivity contribution in [3.63, 3.8) is 0 Å². The summed E-state index contributed by atoms with van der Waals surface area (Å²) in [6.07, 6.45) is -0.764. The van der Waals surface area contributed by atoms with Gasteiger partial charge in [-0.2, -0.15) is 0 Å². The fourth-order valence-electron chi connectivity index (χ4n) is 2.69. The summed E-state index contributed by atoms with van der Waals surface area (Å²) >= 11 is 0. The number of carbonyl (C=O) groups excluding carboxylic acids is 2. The van der Waals surface area contributed by atoms with E-state index in [1.807, 2.05) is 26.0 Å². The highest BCUT2D eigenvalue weighted by molar-refractivity contribution is 6.04. The summed E-state index contributed by atoms with van der Waals surface area (Å²) in [5.74, 6) is -1.34. The second-order valence-electron chi connectivity index (χ2n) is 6.20. The molecule has 1 atom stereocenters. The van der Waals surface area contributed by atoms with Crippen LogP contribution in [0.5, 0.6) is 0 Å². The van der Waals surface area contributed by atoms with Crippen molar-refractivity contribution in [3.8, 4) is 0 Å². The van der Waals surface area contributed by atoms with E-state index in [0.717, 1.165) is 11.1 Å². The molecule has 5 nitrogen and oxygen atoms in total. The Labute approximate surface area is 150 Å². The van der Waals surface area contributed by atoms with Crippen LogP contribution in [-0.2, 0) is 14.4 Å². The van der Waals surface area contributed by atoms with Gasteiger partial charge >= 0.3 is 5.97 Å². The highest BCUT2D eigenvalue weighted by Crippen LogP contribution is 2.19. The van der Waals surface area contributed by atoms with Crippen LogP contribution in [-0.4, -0.2) is 30.2 Å². The highest BCUT2D eigenvalue weighted by atomic mass is 19.1. The number of aryl methyl sites for hydroxylation is 2. The average molecular weight is 355 g/mol. The Morgan fingerprint density at radius 2 is 2.04 bits per heavy atom. The number of halogens is 1. The van der Waals surface area contributed by atoms with Crippen LogP contribution >= 0.6 is 0 Å². The van der Waals surface area contributed by atoms with Gasteiger partial charge in [0.25, 0.3) is 0 Å². The number of carbonyl (C=O) groups is 2. The first-order valence-corrected chi connectivity index (χ1v) is 8.20. The van der Waals surface area contributed by atoms with Crippen molar-refractivity contribution in [2.24, 2.45) is 5.16 Å². The van der Waals surface area contributed by atoms with Crippen LogP contribution in [0.3, 0.4) is 0 Å². The molecule has 0 bridgehead atoms. The van der Waals surface area contributed by atoms with Gasteiger partial charge in [-0.3, -0.25) is 4.79 Å². The van der Waals surface area contributed by atoms with Crippen LogP contribution in [0.4, 0.5) is 4.39 Å². The van der Waals surface area contributed by atoms with Crippen LogP contribution in [0.2, 0.25) is 0 Å². The van der Waals surface area contributed by atoms with E-state index in [4.69, 9.17) is 9.57 Å². The van der Waals surface area contributed by atoms with Crippen molar-refractivity contribution >= 4 is 17.5 Å². The minimum Gasteiger partial charge on any atom is -0.454 e. The molecule has 2 aromatic carbocycles. The number of rotatable bonds is 5. The van der Waals surface area contributed by atoms with Gasteiger partial charge in [-0.05, 0) is 37.6 Å². The molecular formula is C20H18FNO4. The third-order valence-electron chi connectivity index (χ3n) is 4.13. The van der Waals surface area contributed by atoms with Crippen molar-refractivity contribution in [1.82, 2.24) is 0 Å². The number of hydrogen-bond acceptors (Lipinski definition) is 5. The number of benzene rings is 2. The van der Waals surface area contributed by atoms with E-state index in [-0.39, 0.29) is 18.8 Å². The normalized spacial score (nSPS) is 16.0. The van der Waals surface area contributed by atoms with Gasteiger partial charge in [0, 0.05) is 17.5 Å². The van der Waals surface area contributed by atoms with Gasteiger partial charge in [0.05, 0.1) is 5.71 Å². The Bertz CT molecular complexity index is 891. The van der Waals surface area contributed by atoms with Gasteiger partial charge in [-0.1, -0.05) is 35.0 Å². The number of hydrogen-bond donors (Lipinski definition) is 0. The number of oxime groups is 1. The third kappa shape index (κ3) is 3.96. The standard InChI is InChI=1S/C20H18FNO4/c1-12-6-7-13(2)16(8-12)18(23)11-25-20(24)19-10-17(22-26-19)14-4-3-5-15(21)9-14/h3-9,19H,10-11H2,1-2H3. The molecule has 1 unspecified atom stereocenters. The molecule has 0 saturated heterocycles. The zero-order chi connectivity index (χ0) is 18.7. The Kier molecular flexibility index (Phi) is 5.11. The molecule has 26 heavy (non-hydrogen) atoms. The van der Waals surface area contributed by atoms with Crippen molar-refractivity contribution in [2.75, 3.05) is 6.61 Å². The lowest BCUT2D eigenvalue weighted by Gasteiger charge is -2.10. The molecule has 0 amide bonds. The zero-order valence-electron chi connectivity index (χ0n) is 14.5. The van der Waals surface area contributed by atoms with Crippen LogP contribution in [0.15, 0.2) is 47.6 Å². The zero-order valence-corrected chi connectivity index (χ0v) is 14.5. The van der Waals surface area contributed by atoms with E-state index in [1.54, 1.807) is 18.2 Å². The lowest BCUT2D eigenvalue weighted by Crippen LogP contribution is -2.26. The van der Waals surface area contributed by atoms with E-state index in [9.17, 15) is 14.0 Å². The summed E-state index contributed by atoms with van der Waals surface area (Å²) in [5, 5.41) is 3.82. The van der Waals surface area contributed by atoms with Crippen molar-refractivity contribution in [3.05, 3.63) is 70.5 Å². The number of esters is 1. The number of ketones is 1. The summed E-state index contributed by atoms with van der Waals surface area (Å²) < 4.78 is 18.4. The molecule has 0 aliphatic carbocycles. The molecule has 1 aliphatic rings.